The maximum Gasteiger partial charge on any atom is 0.374 e. The summed E-state index contributed by atoms with van der Waals surface area (Å²) in [5, 5.41) is 0. The molecule has 1 heterocycles. The van der Waals surface area contributed by atoms with Crippen LogP contribution in [-0.4, -0.2) is 23.7 Å². The number of amides is 1. The highest BCUT2D eigenvalue weighted by molar-refractivity contribution is 5.57. The van der Waals surface area contributed by atoms with Gasteiger partial charge in [0, 0.05) is 12.8 Å². The van der Waals surface area contributed by atoms with E-state index in [2.05, 4.69) is 0 Å². The van der Waals surface area contributed by atoms with Crippen LogP contribution in [0.1, 0.15) is 26.7 Å². The van der Waals surface area contributed by atoms with E-state index >= 15 is 0 Å². The summed E-state index contributed by atoms with van der Waals surface area (Å²) in [6.45, 7) is 0.920. The van der Waals surface area contributed by atoms with Gasteiger partial charge in [0.2, 0.25) is 0 Å². The van der Waals surface area contributed by atoms with Gasteiger partial charge in [0.15, 0.2) is 6.54 Å². The number of rotatable bonds is 1. The third-order valence-corrected chi connectivity index (χ3v) is 1.37. The molecule has 0 atom stereocenters. The van der Waals surface area contributed by atoms with Crippen LogP contribution in [0.3, 0.4) is 0 Å². The second-order valence-electron chi connectivity index (χ2n) is 2.02. The molecule has 0 unspecified atom stereocenters. The minimum Gasteiger partial charge on any atom is -0.223 e. The lowest BCUT2D eigenvalue weighted by molar-refractivity contribution is -0.434. The molecule has 2 nitrogen and oxygen atoms in total. The van der Waals surface area contributed by atoms with Gasteiger partial charge in [-0.1, -0.05) is 7.43 Å². The molecule has 0 radical (unpaired) electrons. The summed E-state index contributed by atoms with van der Waals surface area (Å²) in [6, 6.07) is 0. The number of hydrogen-bond donors (Lipinski definition) is 0. The van der Waals surface area contributed by atoms with Gasteiger partial charge in [-0.3, -0.25) is 0 Å². The first-order valence-electron chi connectivity index (χ1n) is 2.98. The van der Waals surface area contributed by atoms with Gasteiger partial charge in [-0.2, -0.15) is 4.58 Å². The Morgan fingerprint density at radius 2 is 2.22 bits per heavy atom. The lowest BCUT2D eigenvalue weighted by atomic mass is 10.2. The number of nitrogens with zero attached hydrogens (tertiary/aromatic N) is 1. The zero-order valence-electron chi connectivity index (χ0n) is 4.84. The third kappa shape index (κ3) is 2.40. The van der Waals surface area contributed by atoms with Crippen LogP contribution in [0.15, 0.2) is 0 Å². The second kappa shape index (κ2) is 4.24. The van der Waals surface area contributed by atoms with E-state index in [1.54, 1.807) is 4.58 Å². The Morgan fingerprint density at radius 3 is 2.56 bits per heavy atom. The van der Waals surface area contributed by atoms with Crippen LogP contribution in [0.5, 0.6) is 0 Å². The standard InChI is InChI=1S/C6H10NO.CH4/c8-6-7-4-2-1-3-5-7;/h4,6H,1-3,5H2;1H4/q+1;/i6+1,7+1;1+1. The summed E-state index contributed by atoms with van der Waals surface area (Å²) < 4.78 is 1.71. The molecular formula is C7H14NO+. The van der Waals surface area contributed by atoms with Gasteiger partial charge in [0.25, 0.3) is 0 Å². The summed E-state index contributed by atoms with van der Waals surface area (Å²) in [5.74, 6) is 0. The summed E-state index contributed by atoms with van der Waals surface area (Å²) in [6.07, 6.45) is 6.31. The normalized spacial score (nSPS) is 17.6. The first-order valence-corrected chi connectivity index (χ1v) is 2.98. The monoisotopic (exact) mass is 131 g/mol. The highest BCUT2D eigenvalue weighted by Crippen LogP contribution is 1.97. The zero-order chi connectivity index (χ0) is 5.82. The molecule has 0 spiro atoms. The van der Waals surface area contributed by atoms with Crippen LogP contribution in [0.25, 0.3) is 0 Å². The highest BCUT2D eigenvalue weighted by Gasteiger charge is 2.05. The molecule has 0 aliphatic carbocycles. The summed E-state index contributed by atoms with van der Waals surface area (Å²) in [5.41, 5.74) is 0. The Morgan fingerprint density at radius 1 is 1.44 bits per heavy atom. The minimum atomic E-state index is 0. The summed E-state index contributed by atoms with van der Waals surface area (Å²) in [4.78, 5) is 10.1. The lowest BCUT2D eigenvalue weighted by Gasteiger charge is -1.99. The van der Waals surface area contributed by atoms with Crippen LogP contribution in [0.2, 0.25) is 0 Å². The van der Waals surface area contributed by atoms with Crippen LogP contribution in [-0.2, 0) is 4.79 Å². The van der Waals surface area contributed by atoms with Crippen molar-refractivity contribution in [1.29, 1.82) is 0 Å². The minimum absolute atomic E-state index is 0. The van der Waals surface area contributed by atoms with Crippen molar-refractivity contribution in [2.24, 2.45) is 0 Å². The number of carbonyl (C=O) groups is 1. The molecule has 52 valence electrons. The summed E-state index contributed by atoms with van der Waals surface area (Å²) >= 11 is 0. The molecule has 0 fully saturated rings. The smallest absolute Gasteiger partial charge is 0.223 e. The highest BCUT2D eigenvalue weighted by atomic mass is 16.2. The molecule has 0 aromatic heterocycles. The van der Waals surface area contributed by atoms with E-state index in [0.29, 0.717) is 0 Å². The molecule has 1 aliphatic heterocycles. The van der Waals surface area contributed by atoms with Gasteiger partial charge in [0.05, 0.1) is 0 Å². The predicted molar refractivity (Wildman–Crippen MR) is 37.8 cm³/mol. The lowest BCUT2D eigenvalue weighted by Crippen LogP contribution is -2.16. The SMILES string of the molecule is O=[13CH][15N+]1=CCCCC1.[13CH4]. The molecular weight excluding hydrogens is 117 g/mol. The van der Waals surface area contributed by atoms with Crippen LogP contribution < -0.4 is 0 Å². The molecule has 1 aliphatic rings. The quantitative estimate of drug-likeness (QED) is 0.225. The van der Waals surface area contributed by atoms with E-state index in [9.17, 15) is 4.79 Å². The number of hydrogen-bond acceptors (Lipinski definition) is 1. The molecule has 1 rings (SSSR count). The van der Waals surface area contributed by atoms with Crippen LogP contribution in [0.4, 0.5) is 0 Å². The zero-order valence-corrected chi connectivity index (χ0v) is 4.84. The molecule has 9 heavy (non-hydrogen) atoms. The van der Waals surface area contributed by atoms with E-state index in [-0.39, 0.29) is 7.43 Å². The molecule has 0 bridgehead atoms. The Labute approximate surface area is 56.2 Å². The molecule has 0 saturated carbocycles. The first-order chi connectivity index (χ1) is 3.93. The Kier molecular flexibility index (Phi) is 3.93. The molecule has 1 amide bonds. The maximum atomic E-state index is 10.1. The van der Waals surface area contributed by atoms with Crippen molar-refractivity contribution in [2.45, 2.75) is 26.7 Å². The van der Waals surface area contributed by atoms with E-state index in [4.69, 9.17) is 0 Å². The predicted octanol–water partition coefficient (Wildman–Crippen LogP) is 1.05. The fraction of sp³-hybridized carbons (Fsp3) is 0.714. The van der Waals surface area contributed by atoms with Crippen molar-refractivity contribution >= 4 is 12.6 Å². The van der Waals surface area contributed by atoms with Crippen molar-refractivity contribution in [3.05, 3.63) is 0 Å². The van der Waals surface area contributed by atoms with Crippen LogP contribution >= 0.6 is 0 Å². The topological polar surface area (TPSA) is 20.1 Å². The van der Waals surface area contributed by atoms with E-state index in [1.165, 1.54) is 6.42 Å². The Balaban J connectivity index is 0.000000640. The van der Waals surface area contributed by atoms with Gasteiger partial charge in [0.1, 0.15) is 6.21 Å². The van der Waals surface area contributed by atoms with Crippen molar-refractivity contribution in [3.63, 3.8) is 0 Å². The Hall–Kier alpha value is -0.660. The largest absolute Gasteiger partial charge is 0.374 e. The van der Waals surface area contributed by atoms with E-state index in [0.717, 1.165) is 25.8 Å². The molecule has 0 aromatic carbocycles. The van der Waals surface area contributed by atoms with Crippen molar-refractivity contribution in [2.75, 3.05) is 6.54 Å². The molecule has 0 N–H and O–H groups in total. The van der Waals surface area contributed by atoms with Crippen molar-refractivity contribution in [1.82, 2.24) is 0 Å². The van der Waals surface area contributed by atoms with E-state index in [1.807, 2.05) is 6.21 Å². The van der Waals surface area contributed by atoms with Gasteiger partial charge in [-0.05, 0) is 6.42 Å². The maximum absolute atomic E-state index is 10.1. The summed E-state index contributed by atoms with van der Waals surface area (Å²) in [7, 11) is 0. The fourth-order valence-corrected chi connectivity index (χ4v) is 0.883. The van der Waals surface area contributed by atoms with E-state index < -0.39 is 0 Å². The molecule has 0 saturated heterocycles. The molecule has 0 aromatic rings. The van der Waals surface area contributed by atoms with Gasteiger partial charge < -0.3 is 0 Å². The van der Waals surface area contributed by atoms with Gasteiger partial charge in [-0.25, -0.2) is 4.79 Å². The van der Waals surface area contributed by atoms with Crippen molar-refractivity contribution < 1.29 is 9.37 Å². The molecule has 2 heteroatoms. The first kappa shape index (κ1) is 8.34. The van der Waals surface area contributed by atoms with Crippen molar-refractivity contribution in [3.8, 4) is 0 Å². The average molecular weight is 131 g/mol. The number of carbonyl (C=O) groups excluding carboxylic acids is 1. The van der Waals surface area contributed by atoms with Gasteiger partial charge >= 0.3 is 6.41 Å². The Bertz CT molecular complexity index is 118. The third-order valence-electron chi connectivity index (χ3n) is 1.37. The fourth-order valence-electron chi connectivity index (χ4n) is 0.883. The average Bonchev–Trinajstić information content (AvgIpc) is 1.90. The second-order valence-corrected chi connectivity index (χ2v) is 2.02. The van der Waals surface area contributed by atoms with Gasteiger partial charge in [-0.15, -0.1) is 0 Å². The van der Waals surface area contributed by atoms with Crippen LogP contribution in [0, 0.1) is 0 Å².